The van der Waals surface area contributed by atoms with Crippen LogP contribution in [0.15, 0.2) is 18.6 Å². The summed E-state index contributed by atoms with van der Waals surface area (Å²) in [6.07, 6.45) is 3.61. The van der Waals surface area contributed by atoms with Gasteiger partial charge in [-0.15, -0.1) is 5.10 Å². The first-order valence-corrected chi connectivity index (χ1v) is 6.82. The van der Waals surface area contributed by atoms with Gasteiger partial charge in [-0.05, 0) is 6.92 Å². The standard InChI is InChI=1S/C13H19N7/c1-11-7-13(15-10-14-11)20-5-3-19(4-6-20)9-12-8-18(2)17-16-12/h7-8,10H,3-6,9H2,1-2H3. The van der Waals surface area contributed by atoms with E-state index in [1.165, 1.54) is 0 Å². The maximum Gasteiger partial charge on any atom is 0.132 e. The third-order valence-electron chi connectivity index (χ3n) is 3.52. The molecule has 1 saturated heterocycles. The number of aromatic nitrogens is 5. The fourth-order valence-corrected chi connectivity index (χ4v) is 2.45. The summed E-state index contributed by atoms with van der Waals surface area (Å²) in [5.74, 6) is 1.02. The van der Waals surface area contributed by atoms with Gasteiger partial charge in [-0.3, -0.25) is 9.58 Å². The van der Waals surface area contributed by atoms with Crippen molar-refractivity contribution in [2.24, 2.45) is 7.05 Å². The average molecular weight is 273 g/mol. The number of piperazine rings is 1. The van der Waals surface area contributed by atoms with Crippen LogP contribution in [0.1, 0.15) is 11.4 Å². The average Bonchev–Trinajstić information content (AvgIpc) is 2.85. The minimum atomic E-state index is 0.866. The van der Waals surface area contributed by atoms with Crippen LogP contribution in [0.2, 0.25) is 0 Å². The topological polar surface area (TPSA) is 63.0 Å². The fraction of sp³-hybridized carbons (Fsp3) is 0.538. The largest absolute Gasteiger partial charge is 0.354 e. The van der Waals surface area contributed by atoms with Crippen LogP contribution in [0.3, 0.4) is 0 Å². The van der Waals surface area contributed by atoms with Gasteiger partial charge in [-0.2, -0.15) is 0 Å². The molecular weight excluding hydrogens is 254 g/mol. The summed E-state index contributed by atoms with van der Waals surface area (Å²) in [6, 6.07) is 2.04. The number of aryl methyl sites for hydroxylation is 2. The Morgan fingerprint density at radius 1 is 1.15 bits per heavy atom. The lowest BCUT2D eigenvalue weighted by molar-refractivity contribution is 0.246. The summed E-state index contributed by atoms with van der Waals surface area (Å²) in [4.78, 5) is 13.2. The SMILES string of the molecule is Cc1cc(N2CCN(Cc3cn(C)nn3)CC2)ncn1. The van der Waals surface area contributed by atoms with Crippen molar-refractivity contribution in [3.63, 3.8) is 0 Å². The molecule has 2 aromatic heterocycles. The van der Waals surface area contributed by atoms with Crippen LogP contribution >= 0.6 is 0 Å². The normalized spacial score (nSPS) is 16.6. The van der Waals surface area contributed by atoms with Crippen molar-refractivity contribution in [1.29, 1.82) is 0 Å². The van der Waals surface area contributed by atoms with E-state index in [-0.39, 0.29) is 0 Å². The minimum Gasteiger partial charge on any atom is -0.354 e. The van der Waals surface area contributed by atoms with Gasteiger partial charge in [-0.25, -0.2) is 9.97 Å². The van der Waals surface area contributed by atoms with Gasteiger partial charge in [-0.1, -0.05) is 5.21 Å². The quantitative estimate of drug-likeness (QED) is 0.798. The van der Waals surface area contributed by atoms with Gasteiger partial charge >= 0.3 is 0 Å². The smallest absolute Gasteiger partial charge is 0.132 e. The second kappa shape index (κ2) is 5.54. The highest BCUT2D eigenvalue weighted by Gasteiger charge is 2.19. The maximum absolute atomic E-state index is 4.35. The first kappa shape index (κ1) is 13.0. The lowest BCUT2D eigenvalue weighted by Crippen LogP contribution is -2.46. The van der Waals surface area contributed by atoms with E-state index in [2.05, 4.69) is 30.1 Å². The summed E-state index contributed by atoms with van der Waals surface area (Å²) in [5.41, 5.74) is 2.04. The van der Waals surface area contributed by atoms with Crippen molar-refractivity contribution in [3.8, 4) is 0 Å². The van der Waals surface area contributed by atoms with E-state index in [4.69, 9.17) is 0 Å². The van der Waals surface area contributed by atoms with E-state index in [0.717, 1.165) is 49.9 Å². The Balaban J connectivity index is 1.57. The third-order valence-corrected chi connectivity index (χ3v) is 3.52. The molecule has 2 aromatic rings. The summed E-state index contributed by atoms with van der Waals surface area (Å²) in [6.45, 7) is 6.85. The van der Waals surface area contributed by atoms with Crippen molar-refractivity contribution in [1.82, 2.24) is 29.9 Å². The first-order chi connectivity index (χ1) is 9.70. The Bertz CT molecular complexity index is 572. The fourth-order valence-electron chi connectivity index (χ4n) is 2.45. The van der Waals surface area contributed by atoms with Crippen molar-refractivity contribution < 1.29 is 0 Å². The molecule has 0 saturated carbocycles. The number of rotatable bonds is 3. The molecule has 7 heteroatoms. The van der Waals surface area contributed by atoms with Crippen molar-refractivity contribution in [3.05, 3.63) is 30.0 Å². The lowest BCUT2D eigenvalue weighted by Gasteiger charge is -2.34. The van der Waals surface area contributed by atoms with Gasteiger partial charge < -0.3 is 4.90 Å². The van der Waals surface area contributed by atoms with E-state index in [9.17, 15) is 0 Å². The van der Waals surface area contributed by atoms with Crippen LogP contribution < -0.4 is 4.90 Å². The summed E-state index contributed by atoms with van der Waals surface area (Å²) >= 11 is 0. The molecule has 0 radical (unpaired) electrons. The van der Waals surface area contributed by atoms with Crippen LogP contribution in [0, 0.1) is 6.92 Å². The Kier molecular flexibility index (Phi) is 3.60. The van der Waals surface area contributed by atoms with E-state index >= 15 is 0 Å². The summed E-state index contributed by atoms with van der Waals surface area (Å²) in [7, 11) is 1.89. The molecule has 3 rings (SSSR count). The second-order valence-electron chi connectivity index (χ2n) is 5.16. The van der Waals surface area contributed by atoms with Crippen LogP contribution in [-0.2, 0) is 13.6 Å². The Morgan fingerprint density at radius 3 is 2.60 bits per heavy atom. The van der Waals surface area contributed by atoms with Crippen LogP contribution in [0.5, 0.6) is 0 Å². The number of nitrogens with zero attached hydrogens (tertiary/aromatic N) is 7. The van der Waals surface area contributed by atoms with Crippen LogP contribution in [0.4, 0.5) is 5.82 Å². The van der Waals surface area contributed by atoms with Crippen LogP contribution in [-0.4, -0.2) is 56.0 Å². The molecule has 1 aliphatic heterocycles. The third kappa shape index (κ3) is 2.93. The zero-order valence-corrected chi connectivity index (χ0v) is 11.9. The molecule has 0 bridgehead atoms. The molecule has 0 aliphatic carbocycles. The molecule has 3 heterocycles. The molecule has 20 heavy (non-hydrogen) atoms. The minimum absolute atomic E-state index is 0.866. The van der Waals surface area contributed by atoms with Gasteiger partial charge in [0.05, 0.1) is 5.69 Å². The molecular formula is C13H19N7. The molecule has 1 fully saturated rings. The molecule has 106 valence electrons. The molecule has 0 atom stereocenters. The number of hydrogen-bond donors (Lipinski definition) is 0. The highest BCUT2D eigenvalue weighted by atomic mass is 15.4. The molecule has 0 N–H and O–H groups in total. The summed E-state index contributed by atoms with van der Waals surface area (Å²) < 4.78 is 1.75. The Hall–Kier alpha value is -2.02. The zero-order valence-electron chi connectivity index (χ0n) is 11.9. The molecule has 1 aliphatic rings. The first-order valence-electron chi connectivity index (χ1n) is 6.82. The van der Waals surface area contributed by atoms with Crippen molar-refractivity contribution in [2.45, 2.75) is 13.5 Å². The lowest BCUT2D eigenvalue weighted by atomic mass is 10.3. The molecule has 7 nitrogen and oxygen atoms in total. The van der Waals surface area contributed by atoms with Gasteiger partial charge in [0.2, 0.25) is 0 Å². The Labute approximate surface area is 118 Å². The van der Waals surface area contributed by atoms with E-state index in [1.54, 1.807) is 11.0 Å². The monoisotopic (exact) mass is 273 g/mol. The van der Waals surface area contributed by atoms with E-state index in [1.807, 2.05) is 26.2 Å². The zero-order chi connectivity index (χ0) is 13.9. The maximum atomic E-state index is 4.35. The van der Waals surface area contributed by atoms with Crippen molar-refractivity contribution in [2.75, 3.05) is 31.1 Å². The number of anilines is 1. The number of hydrogen-bond acceptors (Lipinski definition) is 6. The highest BCUT2D eigenvalue weighted by molar-refractivity contribution is 5.39. The van der Waals surface area contributed by atoms with E-state index < -0.39 is 0 Å². The van der Waals surface area contributed by atoms with Crippen molar-refractivity contribution >= 4 is 5.82 Å². The molecule has 0 aromatic carbocycles. The Morgan fingerprint density at radius 2 is 1.95 bits per heavy atom. The molecule has 0 amide bonds. The van der Waals surface area contributed by atoms with Gasteiger partial charge in [0.1, 0.15) is 12.1 Å². The van der Waals surface area contributed by atoms with E-state index in [0.29, 0.717) is 0 Å². The highest BCUT2D eigenvalue weighted by Crippen LogP contribution is 2.14. The predicted octanol–water partition coefficient (Wildman–Crippen LogP) is 0.236. The van der Waals surface area contributed by atoms with Crippen LogP contribution in [0.25, 0.3) is 0 Å². The predicted molar refractivity (Wildman–Crippen MR) is 75.3 cm³/mol. The second-order valence-corrected chi connectivity index (χ2v) is 5.16. The molecule has 0 spiro atoms. The van der Waals surface area contributed by atoms with Gasteiger partial charge in [0.25, 0.3) is 0 Å². The summed E-state index contributed by atoms with van der Waals surface area (Å²) in [5, 5.41) is 8.10. The van der Waals surface area contributed by atoms with Gasteiger partial charge in [0, 0.05) is 57.7 Å². The molecule has 0 unspecified atom stereocenters. The van der Waals surface area contributed by atoms with Gasteiger partial charge in [0.15, 0.2) is 0 Å².